The summed E-state index contributed by atoms with van der Waals surface area (Å²) < 4.78 is 12.6. The van der Waals surface area contributed by atoms with Gasteiger partial charge in [-0.1, -0.05) is 6.07 Å². The van der Waals surface area contributed by atoms with Gasteiger partial charge in [0.15, 0.2) is 0 Å². The van der Waals surface area contributed by atoms with Crippen LogP contribution in [0.15, 0.2) is 23.1 Å². The maximum absolute atomic E-state index is 12.6. The number of carboxylic acid groups (broad SMARTS) is 1. The fourth-order valence-electron chi connectivity index (χ4n) is 0.634. The number of halogens is 1. The molecule has 2 nitrogen and oxygen atoms in total. The van der Waals surface area contributed by atoms with Crippen LogP contribution in [0.25, 0.3) is 0 Å². The largest absolute Gasteiger partial charge is 1.00 e. The first-order valence-electron chi connectivity index (χ1n) is 2.81. The Morgan fingerprint density at radius 2 is 2.08 bits per heavy atom. The summed E-state index contributed by atoms with van der Waals surface area (Å²) in [6, 6.07) is 3.38. The minimum Gasteiger partial charge on any atom is -0.545 e. The number of benzene rings is 1. The Bertz CT molecular complexity index is 303. The molecule has 0 radical (unpaired) electrons. The van der Waals surface area contributed by atoms with Crippen molar-refractivity contribution in [2.24, 2.45) is 0 Å². The van der Waals surface area contributed by atoms with E-state index in [-0.39, 0.29) is 40.0 Å². The number of carboxylic acids is 1. The van der Waals surface area contributed by atoms with Crippen LogP contribution in [0.2, 0.25) is 0 Å². The molecule has 5 heteroatoms. The van der Waals surface area contributed by atoms with Crippen LogP contribution in [0.3, 0.4) is 0 Å². The van der Waals surface area contributed by atoms with E-state index in [1.165, 1.54) is 12.1 Å². The predicted molar refractivity (Wildman–Crippen MR) is 38.0 cm³/mol. The molecular formula is C7H4FNaO2S. The minimum atomic E-state index is -1.39. The predicted octanol–water partition coefficient (Wildman–Crippen LogP) is -2.52. The van der Waals surface area contributed by atoms with Crippen LogP contribution in [0.4, 0.5) is 4.39 Å². The molecule has 0 N–H and O–H groups in total. The third-order valence-corrected chi connectivity index (χ3v) is 1.55. The van der Waals surface area contributed by atoms with Gasteiger partial charge in [-0.2, -0.15) is 0 Å². The van der Waals surface area contributed by atoms with Crippen molar-refractivity contribution in [1.82, 2.24) is 0 Å². The minimum absolute atomic E-state index is 0. The van der Waals surface area contributed by atoms with Gasteiger partial charge < -0.3 is 9.90 Å². The van der Waals surface area contributed by atoms with E-state index in [0.717, 1.165) is 6.07 Å². The first kappa shape index (κ1) is 12.0. The number of carbonyl (C=O) groups is 1. The standard InChI is InChI=1S/C7H5FO2S.Na/c8-5-3-4(7(9)10)1-2-6(5)11;/h1-3,11H,(H,9,10);/q;+1/p-1. The number of carbonyl (C=O) groups excluding carboxylic acids is 1. The van der Waals surface area contributed by atoms with Crippen LogP contribution < -0.4 is 34.7 Å². The fourth-order valence-corrected chi connectivity index (χ4v) is 0.773. The fraction of sp³-hybridized carbons (Fsp3) is 0. The average Bonchev–Trinajstić information content (AvgIpc) is 1.94. The summed E-state index contributed by atoms with van der Waals surface area (Å²) in [4.78, 5) is 10.3. The van der Waals surface area contributed by atoms with Crippen molar-refractivity contribution in [1.29, 1.82) is 0 Å². The first-order valence-corrected chi connectivity index (χ1v) is 3.26. The zero-order valence-electron chi connectivity index (χ0n) is 6.37. The molecule has 0 spiro atoms. The Kier molecular flexibility index (Phi) is 4.85. The molecule has 1 aromatic carbocycles. The van der Waals surface area contributed by atoms with E-state index in [0.29, 0.717) is 0 Å². The molecule has 0 bridgehead atoms. The molecule has 1 aromatic rings. The van der Waals surface area contributed by atoms with Crippen LogP contribution >= 0.6 is 12.6 Å². The van der Waals surface area contributed by atoms with Crippen LogP contribution in [0.5, 0.6) is 0 Å². The Morgan fingerprint density at radius 3 is 2.50 bits per heavy atom. The van der Waals surface area contributed by atoms with Crippen molar-refractivity contribution in [3.63, 3.8) is 0 Å². The van der Waals surface area contributed by atoms with E-state index in [1.54, 1.807) is 0 Å². The second kappa shape index (κ2) is 4.87. The molecule has 12 heavy (non-hydrogen) atoms. The maximum atomic E-state index is 12.6. The molecule has 0 saturated carbocycles. The average molecular weight is 194 g/mol. The molecule has 0 heterocycles. The maximum Gasteiger partial charge on any atom is 1.00 e. The smallest absolute Gasteiger partial charge is 0.545 e. The number of aromatic carboxylic acids is 1. The molecule has 1 rings (SSSR count). The monoisotopic (exact) mass is 194 g/mol. The van der Waals surface area contributed by atoms with Gasteiger partial charge in [0.05, 0.1) is 5.97 Å². The van der Waals surface area contributed by atoms with Crippen LogP contribution in [0.1, 0.15) is 10.4 Å². The number of thiol groups is 1. The van der Waals surface area contributed by atoms with Gasteiger partial charge in [0.2, 0.25) is 0 Å². The van der Waals surface area contributed by atoms with E-state index in [2.05, 4.69) is 12.6 Å². The molecule has 0 saturated heterocycles. The number of rotatable bonds is 1. The molecule has 0 aliphatic rings. The van der Waals surface area contributed by atoms with E-state index in [1.807, 2.05) is 0 Å². The third-order valence-electron chi connectivity index (χ3n) is 1.18. The van der Waals surface area contributed by atoms with Gasteiger partial charge in [0.25, 0.3) is 0 Å². The molecule has 0 fully saturated rings. The van der Waals surface area contributed by atoms with Crippen LogP contribution in [0, 0.1) is 5.82 Å². The summed E-state index contributed by atoms with van der Waals surface area (Å²) in [5, 5.41) is 10.2. The summed E-state index contributed by atoms with van der Waals surface area (Å²) in [5.74, 6) is -2.05. The van der Waals surface area contributed by atoms with Crippen molar-refractivity contribution in [3.05, 3.63) is 29.6 Å². The summed E-state index contributed by atoms with van der Waals surface area (Å²) in [6.07, 6.45) is 0. The Hall–Kier alpha value is -0.0300. The van der Waals surface area contributed by atoms with Gasteiger partial charge in [-0.3, -0.25) is 0 Å². The normalized spacial score (nSPS) is 8.83. The third kappa shape index (κ3) is 2.79. The molecule has 0 atom stereocenters. The zero-order chi connectivity index (χ0) is 8.43. The van der Waals surface area contributed by atoms with Gasteiger partial charge in [-0.25, -0.2) is 4.39 Å². The van der Waals surface area contributed by atoms with Gasteiger partial charge >= 0.3 is 29.6 Å². The van der Waals surface area contributed by atoms with Crippen molar-refractivity contribution >= 4 is 18.6 Å². The molecular weight excluding hydrogens is 190 g/mol. The van der Waals surface area contributed by atoms with Crippen LogP contribution in [-0.2, 0) is 0 Å². The number of hydrogen-bond acceptors (Lipinski definition) is 3. The molecule has 0 aromatic heterocycles. The second-order valence-electron chi connectivity index (χ2n) is 1.95. The molecule has 58 valence electrons. The summed E-state index contributed by atoms with van der Waals surface area (Å²) in [6.45, 7) is 0. The number of hydrogen-bond donors (Lipinski definition) is 1. The van der Waals surface area contributed by atoms with Crippen molar-refractivity contribution < 1.29 is 43.8 Å². The van der Waals surface area contributed by atoms with Gasteiger partial charge in [0.1, 0.15) is 5.82 Å². The van der Waals surface area contributed by atoms with Gasteiger partial charge in [-0.15, -0.1) is 12.6 Å². The van der Waals surface area contributed by atoms with E-state index in [4.69, 9.17) is 0 Å². The summed E-state index contributed by atoms with van der Waals surface area (Å²) in [5.41, 5.74) is -0.180. The van der Waals surface area contributed by atoms with E-state index >= 15 is 0 Å². The van der Waals surface area contributed by atoms with Crippen molar-refractivity contribution in [2.45, 2.75) is 4.90 Å². The molecule has 0 aliphatic heterocycles. The Morgan fingerprint density at radius 1 is 1.50 bits per heavy atom. The molecule has 0 aliphatic carbocycles. The van der Waals surface area contributed by atoms with Crippen molar-refractivity contribution in [3.8, 4) is 0 Å². The van der Waals surface area contributed by atoms with E-state index < -0.39 is 11.8 Å². The quantitative estimate of drug-likeness (QED) is 0.396. The van der Waals surface area contributed by atoms with Crippen molar-refractivity contribution in [2.75, 3.05) is 0 Å². The Labute approximate surface area is 96.5 Å². The van der Waals surface area contributed by atoms with E-state index in [9.17, 15) is 14.3 Å². The first-order chi connectivity index (χ1) is 5.11. The molecule has 0 unspecified atom stereocenters. The summed E-state index contributed by atoms with van der Waals surface area (Å²) >= 11 is 3.73. The van der Waals surface area contributed by atoms with Gasteiger partial charge in [0, 0.05) is 10.5 Å². The zero-order valence-corrected chi connectivity index (χ0v) is 9.27. The Balaban J connectivity index is 0.00000121. The second-order valence-corrected chi connectivity index (χ2v) is 2.44. The molecule has 0 amide bonds. The van der Waals surface area contributed by atoms with Crippen LogP contribution in [-0.4, -0.2) is 5.97 Å². The topological polar surface area (TPSA) is 40.1 Å². The summed E-state index contributed by atoms with van der Waals surface area (Å²) in [7, 11) is 0. The SMILES string of the molecule is O=C([O-])c1ccc(S)c(F)c1.[Na+]. The van der Waals surface area contributed by atoms with Gasteiger partial charge in [-0.05, 0) is 12.1 Å².